The van der Waals surface area contributed by atoms with Crippen LogP contribution in [0.5, 0.6) is 0 Å². The summed E-state index contributed by atoms with van der Waals surface area (Å²) in [4.78, 5) is 2.36. The Morgan fingerprint density at radius 3 is 1.46 bits per heavy atom. The molecular weight excluding hydrogens is 821 g/mol. The third-order valence-electron chi connectivity index (χ3n) is 13.8. The van der Waals surface area contributed by atoms with E-state index in [0.29, 0.717) is 0 Å². The average molecular weight is 865 g/mol. The zero-order valence-corrected chi connectivity index (χ0v) is 37.3. The van der Waals surface area contributed by atoms with Gasteiger partial charge in [-0.1, -0.05) is 206 Å². The molecule has 2 nitrogen and oxygen atoms in total. The third kappa shape index (κ3) is 6.65. The van der Waals surface area contributed by atoms with Crippen molar-refractivity contribution in [2.75, 3.05) is 4.90 Å². The lowest BCUT2D eigenvalue weighted by atomic mass is 9.91. The predicted molar refractivity (Wildman–Crippen MR) is 290 cm³/mol. The van der Waals surface area contributed by atoms with Gasteiger partial charge in [0.2, 0.25) is 0 Å². The molecular formula is C66H44N2. The largest absolute Gasteiger partial charge is 0.311 e. The Morgan fingerprint density at radius 2 is 0.721 bits per heavy atom. The van der Waals surface area contributed by atoms with Crippen LogP contribution in [0.25, 0.3) is 104 Å². The summed E-state index contributed by atoms with van der Waals surface area (Å²) in [6.45, 7) is 0. The second-order valence-corrected chi connectivity index (χ2v) is 17.6. The first-order chi connectivity index (χ1) is 33.7. The molecule has 0 unspecified atom stereocenters. The van der Waals surface area contributed by atoms with Crippen LogP contribution >= 0.6 is 0 Å². The molecule has 0 N–H and O–H groups in total. The van der Waals surface area contributed by atoms with E-state index >= 15 is 0 Å². The number of hydrogen-bond acceptors (Lipinski definition) is 1. The van der Waals surface area contributed by atoms with Crippen molar-refractivity contribution >= 4 is 71.2 Å². The molecule has 13 aromatic rings. The smallest absolute Gasteiger partial charge is 0.0547 e. The number of aromatic nitrogens is 1. The maximum Gasteiger partial charge on any atom is 0.0547 e. The fraction of sp³-hybridized carbons (Fsp3) is 0. The van der Waals surface area contributed by atoms with Gasteiger partial charge in [-0.15, -0.1) is 0 Å². The van der Waals surface area contributed by atoms with Crippen LogP contribution in [0, 0.1) is 0 Å². The van der Waals surface area contributed by atoms with Crippen LogP contribution < -0.4 is 4.90 Å². The molecule has 0 aliphatic rings. The van der Waals surface area contributed by atoms with E-state index in [2.05, 4.69) is 276 Å². The van der Waals surface area contributed by atoms with Crippen LogP contribution in [-0.2, 0) is 0 Å². The molecule has 0 spiro atoms. The predicted octanol–water partition coefficient (Wildman–Crippen LogP) is 18.4. The molecule has 318 valence electrons. The Kier molecular flexibility index (Phi) is 9.54. The molecule has 0 atom stereocenters. The molecule has 0 aliphatic carbocycles. The van der Waals surface area contributed by atoms with Gasteiger partial charge in [-0.2, -0.15) is 0 Å². The molecule has 1 aromatic heterocycles. The summed E-state index contributed by atoms with van der Waals surface area (Å²) in [7, 11) is 0. The number of fused-ring (bicyclic) bond motifs is 7. The van der Waals surface area contributed by atoms with Crippen molar-refractivity contribution < 1.29 is 0 Å². The minimum absolute atomic E-state index is 1.08. The van der Waals surface area contributed by atoms with Crippen molar-refractivity contribution in [3.05, 3.63) is 267 Å². The first-order valence-electron chi connectivity index (χ1n) is 23.4. The van der Waals surface area contributed by atoms with Crippen molar-refractivity contribution in [2.24, 2.45) is 0 Å². The van der Waals surface area contributed by atoms with Crippen LogP contribution in [0.15, 0.2) is 267 Å². The summed E-state index contributed by atoms with van der Waals surface area (Å²) in [5, 5.41) is 10.1. The van der Waals surface area contributed by atoms with Gasteiger partial charge in [-0.3, -0.25) is 0 Å². The minimum atomic E-state index is 1.08. The molecule has 0 saturated carbocycles. The fourth-order valence-corrected chi connectivity index (χ4v) is 10.6. The van der Waals surface area contributed by atoms with E-state index in [9.17, 15) is 0 Å². The topological polar surface area (TPSA) is 8.17 Å². The molecule has 0 radical (unpaired) electrons. The number of benzene rings is 12. The van der Waals surface area contributed by atoms with Gasteiger partial charge < -0.3 is 9.47 Å². The van der Waals surface area contributed by atoms with Gasteiger partial charge in [0, 0.05) is 33.4 Å². The monoisotopic (exact) mass is 864 g/mol. The summed E-state index contributed by atoms with van der Waals surface area (Å²) >= 11 is 0. The highest BCUT2D eigenvalue weighted by Crippen LogP contribution is 2.45. The van der Waals surface area contributed by atoms with E-state index in [1.807, 2.05) is 0 Å². The fourth-order valence-electron chi connectivity index (χ4n) is 10.6. The Balaban J connectivity index is 0.926. The van der Waals surface area contributed by atoms with E-state index in [0.717, 1.165) is 28.3 Å². The van der Waals surface area contributed by atoms with Gasteiger partial charge in [-0.05, 0) is 132 Å². The molecule has 0 fully saturated rings. The number of anilines is 3. The number of hydrogen-bond donors (Lipinski definition) is 0. The van der Waals surface area contributed by atoms with Gasteiger partial charge >= 0.3 is 0 Å². The van der Waals surface area contributed by atoms with Crippen molar-refractivity contribution in [2.45, 2.75) is 0 Å². The second kappa shape index (κ2) is 16.5. The lowest BCUT2D eigenvalue weighted by Crippen LogP contribution is -2.09. The van der Waals surface area contributed by atoms with Crippen molar-refractivity contribution in [3.63, 3.8) is 0 Å². The van der Waals surface area contributed by atoms with E-state index < -0.39 is 0 Å². The number of nitrogens with zero attached hydrogens (tertiary/aromatic N) is 2. The Bertz CT molecular complexity index is 3990. The van der Waals surface area contributed by atoms with Crippen molar-refractivity contribution in [1.29, 1.82) is 0 Å². The Morgan fingerprint density at radius 1 is 0.250 bits per heavy atom. The van der Waals surface area contributed by atoms with E-state index in [1.165, 1.54) is 93.1 Å². The Hall–Kier alpha value is -8.98. The summed E-state index contributed by atoms with van der Waals surface area (Å²) in [5.41, 5.74) is 16.4. The van der Waals surface area contributed by atoms with Crippen molar-refractivity contribution in [1.82, 2.24) is 4.57 Å². The molecule has 68 heavy (non-hydrogen) atoms. The van der Waals surface area contributed by atoms with Crippen molar-refractivity contribution in [3.8, 4) is 50.2 Å². The molecule has 0 amide bonds. The van der Waals surface area contributed by atoms with Gasteiger partial charge in [0.05, 0.1) is 16.7 Å². The molecule has 0 bridgehead atoms. The first kappa shape index (κ1) is 39.4. The SMILES string of the molecule is c1ccc(-c2ccc(N(c3ccc(-c4ccccc4-n4c5ccccc5c5c(-c6cc7ccccc7c7ccccc67)cccc54)cc3)c3ccc(-c4cccc5ccccc45)cc3)cc2)cc1. The summed E-state index contributed by atoms with van der Waals surface area (Å²) < 4.78 is 2.47. The van der Waals surface area contributed by atoms with E-state index in [-0.39, 0.29) is 0 Å². The van der Waals surface area contributed by atoms with Gasteiger partial charge in [0.15, 0.2) is 0 Å². The normalized spacial score (nSPS) is 11.5. The second-order valence-electron chi connectivity index (χ2n) is 17.6. The highest BCUT2D eigenvalue weighted by molar-refractivity contribution is 6.21. The number of para-hydroxylation sites is 2. The van der Waals surface area contributed by atoms with E-state index in [1.54, 1.807) is 0 Å². The molecule has 13 rings (SSSR count). The van der Waals surface area contributed by atoms with Gasteiger partial charge in [-0.25, -0.2) is 0 Å². The van der Waals surface area contributed by atoms with Crippen LogP contribution in [0.2, 0.25) is 0 Å². The Labute approximate surface area is 395 Å². The molecule has 1 heterocycles. The number of rotatable bonds is 8. The first-order valence-corrected chi connectivity index (χ1v) is 23.4. The average Bonchev–Trinajstić information content (AvgIpc) is 3.76. The van der Waals surface area contributed by atoms with Crippen LogP contribution in [-0.4, -0.2) is 4.57 Å². The van der Waals surface area contributed by atoms with Gasteiger partial charge in [0.25, 0.3) is 0 Å². The van der Waals surface area contributed by atoms with Gasteiger partial charge in [0.1, 0.15) is 0 Å². The standard InChI is InChI=1S/C66H44N2/c1-2-16-45(17-3-1)46-32-38-51(39-33-46)67(52-40-34-48(35-41-52)55-27-14-20-47-18-4-6-21-54(47)55)53-42-36-49(37-43-53)57-23-10-12-29-63(57)68-64-30-13-11-26-61(64)66-60(28-15-31-65(66)68)62-44-50-19-5-7-22-56(50)58-24-8-9-25-59(58)62/h1-44H. The summed E-state index contributed by atoms with van der Waals surface area (Å²) in [5.74, 6) is 0. The molecule has 0 aliphatic heterocycles. The minimum Gasteiger partial charge on any atom is -0.311 e. The highest BCUT2D eigenvalue weighted by atomic mass is 15.1. The molecule has 12 aromatic carbocycles. The molecule has 0 saturated heterocycles. The van der Waals surface area contributed by atoms with E-state index in [4.69, 9.17) is 0 Å². The van der Waals surface area contributed by atoms with Crippen LogP contribution in [0.3, 0.4) is 0 Å². The zero-order valence-electron chi connectivity index (χ0n) is 37.3. The summed E-state index contributed by atoms with van der Waals surface area (Å²) in [6, 6.07) is 97.4. The van der Waals surface area contributed by atoms with Crippen LogP contribution in [0.4, 0.5) is 17.1 Å². The lowest BCUT2D eigenvalue weighted by Gasteiger charge is -2.26. The zero-order chi connectivity index (χ0) is 45.0. The molecule has 2 heteroatoms. The third-order valence-corrected chi connectivity index (χ3v) is 13.8. The maximum absolute atomic E-state index is 2.47. The lowest BCUT2D eigenvalue weighted by molar-refractivity contribution is 1.18. The summed E-state index contributed by atoms with van der Waals surface area (Å²) in [6.07, 6.45) is 0. The quantitative estimate of drug-likeness (QED) is 0.138. The van der Waals surface area contributed by atoms with Crippen LogP contribution in [0.1, 0.15) is 0 Å². The highest BCUT2D eigenvalue weighted by Gasteiger charge is 2.21. The maximum atomic E-state index is 2.47.